The molecule has 0 radical (unpaired) electrons. The Balaban J connectivity index is 3.86. The standard InChI is InChI=1S/C25H40O4/c1-20(2)10-7-12-22(5)16-18-28-24(26)14-9-15-25(27)29-19-17-23(6)13-8-11-21(3)4/h10-11,16-17H,7-9,12-15,18-19H2,1-6H3. The van der Waals surface area contributed by atoms with E-state index in [-0.39, 0.29) is 24.8 Å². The first-order valence-corrected chi connectivity index (χ1v) is 10.6. The molecule has 0 unspecified atom stereocenters. The average molecular weight is 405 g/mol. The van der Waals surface area contributed by atoms with Crippen molar-refractivity contribution < 1.29 is 19.1 Å². The maximum atomic E-state index is 11.7. The summed E-state index contributed by atoms with van der Waals surface area (Å²) in [5.74, 6) is -0.553. The Bertz CT molecular complexity index is 559. The van der Waals surface area contributed by atoms with Gasteiger partial charge >= 0.3 is 11.9 Å². The summed E-state index contributed by atoms with van der Waals surface area (Å²) >= 11 is 0. The van der Waals surface area contributed by atoms with Crippen LogP contribution in [0.15, 0.2) is 46.6 Å². The van der Waals surface area contributed by atoms with Gasteiger partial charge in [-0.2, -0.15) is 0 Å². The lowest BCUT2D eigenvalue weighted by Crippen LogP contribution is -2.08. The van der Waals surface area contributed by atoms with Gasteiger partial charge in [0.2, 0.25) is 0 Å². The molecule has 0 bridgehead atoms. The van der Waals surface area contributed by atoms with E-state index in [1.807, 2.05) is 26.0 Å². The van der Waals surface area contributed by atoms with Gasteiger partial charge in [0, 0.05) is 12.8 Å². The van der Waals surface area contributed by atoms with Gasteiger partial charge in [0.05, 0.1) is 0 Å². The predicted octanol–water partition coefficient (Wildman–Crippen LogP) is 6.63. The second-order valence-electron chi connectivity index (χ2n) is 7.96. The lowest BCUT2D eigenvalue weighted by atomic mass is 10.1. The van der Waals surface area contributed by atoms with Gasteiger partial charge in [-0.05, 0) is 85.8 Å². The van der Waals surface area contributed by atoms with Gasteiger partial charge in [-0.1, -0.05) is 34.4 Å². The monoisotopic (exact) mass is 404 g/mol. The molecule has 0 amide bonds. The van der Waals surface area contributed by atoms with E-state index in [1.165, 1.54) is 22.3 Å². The number of carbonyl (C=O) groups excluding carboxylic acids is 2. The van der Waals surface area contributed by atoms with Crippen LogP contribution < -0.4 is 0 Å². The van der Waals surface area contributed by atoms with E-state index in [4.69, 9.17) is 9.47 Å². The van der Waals surface area contributed by atoms with Crippen LogP contribution >= 0.6 is 0 Å². The van der Waals surface area contributed by atoms with Crippen molar-refractivity contribution in [3.63, 3.8) is 0 Å². The van der Waals surface area contributed by atoms with E-state index in [2.05, 4.69) is 39.8 Å². The van der Waals surface area contributed by atoms with E-state index in [9.17, 15) is 9.59 Å². The van der Waals surface area contributed by atoms with Gasteiger partial charge < -0.3 is 9.47 Å². The smallest absolute Gasteiger partial charge is 0.306 e. The molecular weight excluding hydrogens is 364 g/mol. The van der Waals surface area contributed by atoms with Gasteiger partial charge in [0.25, 0.3) is 0 Å². The summed E-state index contributed by atoms with van der Waals surface area (Å²) in [5.41, 5.74) is 5.05. The van der Waals surface area contributed by atoms with Crippen LogP contribution in [0.4, 0.5) is 0 Å². The van der Waals surface area contributed by atoms with Crippen LogP contribution in [-0.2, 0) is 19.1 Å². The summed E-state index contributed by atoms with van der Waals surface area (Å²) in [6.07, 6.45) is 13.1. The van der Waals surface area contributed by atoms with E-state index in [0.717, 1.165) is 25.7 Å². The molecule has 0 atom stereocenters. The summed E-state index contributed by atoms with van der Waals surface area (Å²) in [6, 6.07) is 0. The van der Waals surface area contributed by atoms with Crippen molar-refractivity contribution in [1.29, 1.82) is 0 Å². The molecule has 0 spiro atoms. The maximum Gasteiger partial charge on any atom is 0.306 e. The van der Waals surface area contributed by atoms with Crippen LogP contribution in [0.1, 0.15) is 86.5 Å². The zero-order valence-electron chi connectivity index (χ0n) is 19.3. The molecule has 0 aromatic carbocycles. The SMILES string of the molecule is CC(C)=CCCC(C)=CCOC(=O)CCCC(=O)OCC=C(C)CCC=C(C)C. The van der Waals surface area contributed by atoms with E-state index in [0.29, 0.717) is 19.6 Å². The molecule has 4 nitrogen and oxygen atoms in total. The highest BCUT2D eigenvalue weighted by atomic mass is 16.5. The van der Waals surface area contributed by atoms with Crippen LogP contribution in [0.2, 0.25) is 0 Å². The van der Waals surface area contributed by atoms with Crippen molar-refractivity contribution in [3.05, 3.63) is 46.6 Å². The number of hydrogen-bond acceptors (Lipinski definition) is 4. The Morgan fingerprint density at radius 1 is 0.586 bits per heavy atom. The number of rotatable bonds is 14. The van der Waals surface area contributed by atoms with Gasteiger partial charge in [-0.25, -0.2) is 0 Å². The Hall–Kier alpha value is -2.10. The molecule has 0 rings (SSSR count). The first kappa shape index (κ1) is 26.9. The number of esters is 2. The van der Waals surface area contributed by atoms with Crippen LogP contribution in [0.5, 0.6) is 0 Å². The number of ether oxygens (including phenoxy) is 2. The van der Waals surface area contributed by atoms with Crippen LogP contribution in [-0.4, -0.2) is 25.2 Å². The largest absolute Gasteiger partial charge is 0.461 e. The Labute approximate surface area is 177 Å². The van der Waals surface area contributed by atoms with Crippen LogP contribution in [0.25, 0.3) is 0 Å². The quantitative estimate of drug-likeness (QED) is 0.241. The van der Waals surface area contributed by atoms with Gasteiger partial charge in [-0.15, -0.1) is 0 Å². The van der Waals surface area contributed by atoms with Crippen LogP contribution in [0, 0.1) is 0 Å². The second kappa shape index (κ2) is 16.8. The number of carbonyl (C=O) groups is 2. The zero-order valence-corrected chi connectivity index (χ0v) is 19.3. The minimum Gasteiger partial charge on any atom is -0.461 e. The number of allylic oxidation sites excluding steroid dienone is 6. The Morgan fingerprint density at radius 3 is 1.31 bits per heavy atom. The molecule has 0 aliphatic carbocycles. The van der Waals surface area contributed by atoms with E-state index >= 15 is 0 Å². The fourth-order valence-electron chi connectivity index (χ4n) is 2.46. The topological polar surface area (TPSA) is 52.6 Å². The Morgan fingerprint density at radius 2 is 0.966 bits per heavy atom. The highest BCUT2D eigenvalue weighted by molar-refractivity contribution is 5.72. The maximum absolute atomic E-state index is 11.7. The lowest BCUT2D eigenvalue weighted by molar-refractivity contribution is -0.144. The van der Waals surface area contributed by atoms with Crippen molar-refractivity contribution in [2.45, 2.75) is 86.5 Å². The fraction of sp³-hybridized carbons (Fsp3) is 0.600. The second-order valence-corrected chi connectivity index (χ2v) is 7.96. The molecule has 0 heterocycles. The third-order valence-corrected chi connectivity index (χ3v) is 4.30. The zero-order chi connectivity index (χ0) is 22.1. The summed E-state index contributed by atoms with van der Waals surface area (Å²) in [5, 5.41) is 0. The molecule has 0 aromatic heterocycles. The van der Waals surface area contributed by atoms with Crippen molar-refractivity contribution in [1.82, 2.24) is 0 Å². The van der Waals surface area contributed by atoms with E-state index < -0.39 is 0 Å². The highest BCUT2D eigenvalue weighted by Crippen LogP contribution is 2.08. The fourth-order valence-corrected chi connectivity index (χ4v) is 2.46. The minimum absolute atomic E-state index is 0.233. The summed E-state index contributed by atoms with van der Waals surface area (Å²) in [4.78, 5) is 23.5. The highest BCUT2D eigenvalue weighted by Gasteiger charge is 2.06. The molecule has 4 heteroatoms. The summed E-state index contributed by atoms with van der Waals surface area (Å²) in [6.45, 7) is 13.0. The lowest BCUT2D eigenvalue weighted by Gasteiger charge is -2.05. The molecule has 0 saturated heterocycles. The van der Waals surface area contributed by atoms with Crippen molar-refractivity contribution >= 4 is 11.9 Å². The van der Waals surface area contributed by atoms with E-state index in [1.54, 1.807) is 0 Å². The minimum atomic E-state index is -0.277. The molecule has 29 heavy (non-hydrogen) atoms. The predicted molar refractivity (Wildman–Crippen MR) is 121 cm³/mol. The van der Waals surface area contributed by atoms with Crippen molar-refractivity contribution in [2.24, 2.45) is 0 Å². The molecule has 164 valence electrons. The summed E-state index contributed by atoms with van der Waals surface area (Å²) < 4.78 is 10.4. The van der Waals surface area contributed by atoms with Crippen LogP contribution in [0.3, 0.4) is 0 Å². The van der Waals surface area contributed by atoms with Gasteiger partial charge in [0.1, 0.15) is 13.2 Å². The van der Waals surface area contributed by atoms with Gasteiger partial charge in [0.15, 0.2) is 0 Å². The molecule has 0 aromatic rings. The summed E-state index contributed by atoms with van der Waals surface area (Å²) in [7, 11) is 0. The third kappa shape index (κ3) is 19.0. The first-order valence-electron chi connectivity index (χ1n) is 10.6. The van der Waals surface area contributed by atoms with Crippen molar-refractivity contribution in [3.8, 4) is 0 Å². The van der Waals surface area contributed by atoms with Gasteiger partial charge in [-0.3, -0.25) is 9.59 Å². The first-order chi connectivity index (χ1) is 13.7. The Kier molecular flexibility index (Phi) is 15.6. The average Bonchev–Trinajstić information content (AvgIpc) is 2.61. The molecule has 0 saturated carbocycles. The van der Waals surface area contributed by atoms with Crippen molar-refractivity contribution in [2.75, 3.05) is 13.2 Å². The third-order valence-electron chi connectivity index (χ3n) is 4.30. The molecule has 0 aliphatic rings. The molecule has 0 fully saturated rings. The normalized spacial score (nSPS) is 11.7. The number of hydrogen-bond donors (Lipinski definition) is 0. The molecular formula is C25H40O4. The molecule has 0 aliphatic heterocycles. The molecule has 0 N–H and O–H groups in total.